The summed E-state index contributed by atoms with van der Waals surface area (Å²) in [4.78, 5) is 2.09. The van der Waals surface area contributed by atoms with Gasteiger partial charge >= 0.3 is 0 Å². The van der Waals surface area contributed by atoms with Gasteiger partial charge in [-0.3, -0.25) is 0 Å². The molecule has 1 atom stereocenters. The Bertz CT molecular complexity index is 613. The molecule has 0 aliphatic heterocycles. The van der Waals surface area contributed by atoms with Gasteiger partial charge < -0.3 is 10.6 Å². The second-order valence-corrected chi connectivity index (χ2v) is 6.30. The van der Waals surface area contributed by atoms with Crippen molar-refractivity contribution in [1.29, 1.82) is 0 Å². The minimum absolute atomic E-state index is 0.136. The van der Waals surface area contributed by atoms with E-state index < -0.39 is 0 Å². The normalized spacial score (nSPS) is 12.2. The minimum atomic E-state index is -0.200. The first-order chi connectivity index (χ1) is 9.95. The Kier molecular flexibility index (Phi) is 5.37. The molecule has 2 aromatic carbocycles. The van der Waals surface area contributed by atoms with E-state index >= 15 is 0 Å². The summed E-state index contributed by atoms with van der Waals surface area (Å²) in [6, 6.07) is 13.1. The molecule has 0 spiro atoms. The van der Waals surface area contributed by atoms with Gasteiger partial charge in [-0.05, 0) is 48.7 Å². The second kappa shape index (κ2) is 7.05. The Morgan fingerprint density at radius 2 is 2.00 bits per heavy atom. The van der Waals surface area contributed by atoms with Crippen molar-refractivity contribution >= 4 is 21.6 Å². The molecule has 0 aromatic heterocycles. The Hall–Kier alpha value is -1.39. The van der Waals surface area contributed by atoms with E-state index in [1.807, 2.05) is 20.0 Å². The molecule has 0 aliphatic carbocycles. The maximum atomic E-state index is 13.2. The summed E-state index contributed by atoms with van der Waals surface area (Å²) < 4.78 is 14.3. The molecule has 2 N–H and O–H groups in total. The monoisotopic (exact) mass is 350 g/mol. The van der Waals surface area contributed by atoms with E-state index in [0.717, 1.165) is 22.1 Å². The first kappa shape index (κ1) is 16.0. The van der Waals surface area contributed by atoms with Crippen LogP contribution in [0.2, 0.25) is 0 Å². The van der Waals surface area contributed by atoms with Gasteiger partial charge in [-0.1, -0.05) is 34.1 Å². The molecule has 0 radical (unpaired) electrons. The van der Waals surface area contributed by atoms with Gasteiger partial charge in [-0.15, -0.1) is 0 Å². The van der Waals surface area contributed by atoms with E-state index in [-0.39, 0.29) is 11.9 Å². The van der Waals surface area contributed by atoms with E-state index in [0.29, 0.717) is 6.54 Å². The molecule has 0 saturated carbocycles. The van der Waals surface area contributed by atoms with Gasteiger partial charge in [0.05, 0.1) is 0 Å². The third kappa shape index (κ3) is 4.55. The highest BCUT2D eigenvalue weighted by molar-refractivity contribution is 9.10. The predicted molar refractivity (Wildman–Crippen MR) is 90.0 cm³/mol. The zero-order chi connectivity index (χ0) is 15.4. The SMILES string of the molecule is CC(N)Cc1ccc(N(C)Cc2cccc(F)c2)cc1Br. The highest BCUT2D eigenvalue weighted by Gasteiger charge is 2.08. The molecule has 0 saturated heterocycles. The lowest BCUT2D eigenvalue weighted by Crippen LogP contribution is -2.19. The zero-order valence-corrected chi connectivity index (χ0v) is 13.9. The van der Waals surface area contributed by atoms with Crippen molar-refractivity contribution in [3.63, 3.8) is 0 Å². The number of hydrogen-bond acceptors (Lipinski definition) is 2. The fourth-order valence-electron chi connectivity index (χ4n) is 2.29. The molecular weight excluding hydrogens is 331 g/mol. The number of rotatable bonds is 5. The van der Waals surface area contributed by atoms with E-state index in [1.165, 1.54) is 11.6 Å². The van der Waals surface area contributed by atoms with Gasteiger partial charge in [0, 0.05) is 29.8 Å². The maximum absolute atomic E-state index is 13.2. The van der Waals surface area contributed by atoms with Crippen LogP contribution in [0.25, 0.3) is 0 Å². The van der Waals surface area contributed by atoms with Crippen molar-refractivity contribution in [2.24, 2.45) is 5.73 Å². The number of nitrogens with zero attached hydrogens (tertiary/aromatic N) is 1. The number of nitrogens with two attached hydrogens (primary N) is 1. The molecule has 0 heterocycles. The third-order valence-corrected chi connectivity index (χ3v) is 4.07. The van der Waals surface area contributed by atoms with Crippen LogP contribution in [0.15, 0.2) is 46.9 Å². The molecular formula is C17H20BrFN2. The van der Waals surface area contributed by atoms with Gasteiger partial charge in [0.15, 0.2) is 0 Å². The first-order valence-corrected chi connectivity index (χ1v) is 7.74. The van der Waals surface area contributed by atoms with Crippen LogP contribution in [0, 0.1) is 5.82 Å². The minimum Gasteiger partial charge on any atom is -0.370 e. The van der Waals surface area contributed by atoms with Crippen LogP contribution >= 0.6 is 15.9 Å². The van der Waals surface area contributed by atoms with Crippen LogP contribution in [0.3, 0.4) is 0 Å². The van der Waals surface area contributed by atoms with Crippen LogP contribution in [0.5, 0.6) is 0 Å². The Morgan fingerprint density at radius 3 is 2.62 bits per heavy atom. The molecule has 0 bridgehead atoms. The van der Waals surface area contributed by atoms with Crippen molar-refractivity contribution in [2.75, 3.05) is 11.9 Å². The first-order valence-electron chi connectivity index (χ1n) is 6.95. The quantitative estimate of drug-likeness (QED) is 0.878. The fraction of sp³-hybridized carbons (Fsp3) is 0.294. The van der Waals surface area contributed by atoms with Crippen molar-refractivity contribution in [1.82, 2.24) is 0 Å². The molecule has 0 aliphatic rings. The number of hydrogen-bond donors (Lipinski definition) is 1. The van der Waals surface area contributed by atoms with Gasteiger partial charge in [0.25, 0.3) is 0 Å². The number of halogens is 2. The molecule has 2 nitrogen and oxygen atoms in total. The van der Waals surface area contributed by atoms with E-state index in [1.54, 1.807) is 12.1 Å². The van der Waals surface area contributed by atoms with Crippen LogP contribution in [-0.2, 0) is 13.0 Å². The topological polar surface area (TPSA) is 29.3 Å². The van der Waals surface area contributed by atoms with Crippen molar-refractivity contribution in [3.8, 4) is 0 Å². The van der Waals surface area contributed by atoms with Gasteiger partial charge in [-0.25, -0.2) is 4.39 Å². The standard InChI is InChI=1S/C17H20BrFN2/c1-12(20)8-14-6-7-16(10-17(14)18)21(2)11-13-4-3-5-15(19)9-13/h3-7,9-10,12H,8,11,20H2,1-2H3. The maximum Gasteiger partial charge on any atom is 0.123 e. The Morgan fingerprint density at radius 1 is 1.24 bits per heavy atom. The van der Waals surface area contributed by atoms with E-state index in [2.05, 4.69) is 39.0 Å². The fourth-order valence-corrected chi connectivity index (χ4v) is 2.82. The van der Waals surface area contributed by atoms with E-state index in [4.69, 9.17) is 5.73 Å². The summed E-state index contributed by atoms with van der Waals surface area (Å²) in [6.07, 6.45) is 0.842. The lowest BCUT2D eigenvalue weighted by atomic mass is 10.1. The third-order valence-electron chi connectivity index (χ3n) is 3.33. The largest absolute Gasteiger partial charge is 0.370 e. The molecule has 1 unspecified atom stereocenters. The summed E-state index contributed by atoms with van der Waals surface area (Å²) >= 11 is 3.60. The van der Waals surface area contributed by atoms with Crippen LogP contribution < -0.4 is 10.6 Å². The van der Waals surface area contributed by atoms with Crippen molar-refractivity contribution in [2.45, 2.75) is 25.9 Å². The molecule has 2 rings (SSSR count). The molecule has 4 heteroatoms. The van der Waals surface area contributed by atoms with Gasteiger partial charge in [0.2, 0.25) is 0 Å². The molecule has 21 heavy (non-hydrogen) atoms. The van der Waals surface area contributed by atoms with Crippen molar-refractivity contribution < 1.29 is 4.39 Å². The summed E-state index contributed by atoms with van der Waals surface area (Å²) in [7, 11) is 2.00. The smallest absolute Gasteiger partial charge is 0.123 e. The van der Waals surface area contributed by atoms with Crippen molar-refractivity contribution in [3.05, 3.63) is 63.9 Å². The van der Waals surface area contributed by atoms with E-state index in [9.17, 15) is 4.39 Å². The van der Waals surface area contributed by atoms with Crippen LogP contribution in [-0.4, -0.2) is 13.1 Å². The molecule has 2 aromatic rings. The highest BCUT2D eigenvalue weighted by atomic mass is 79.9. The zero-order valence-electron chi connectivity index (χ0n) is 12.3. The van der Waals surface area contributed by atoms with Gasteiger partial charge in [-0.2, -0.15) is 0 Å². The predicted octanol–water partition coefficient (Wildman–Crippen LogP) is 4.11. The molecule has 112 valence electrons. The Balaban J connectivity index is 2.12. The van der Waals surface area contributed by atoms with Crippen LogP contribution in [0.4, 0.5) is 10.1 Å². The lowest BCUT2D eigenvalue weighted by Gasteiger charge is -2.21. The Labute approximate surface area is 133 Å². The lowest BCUT2D eigenvalue weighted by molar-refractivity contribution is 0.625. The average Bonchev–Trinajstić information content (AvgIpc) is 2.40. The summed E-state index contributed by atoms with van der Waals surface area (Å²) in [5.74, 6) is -0.200. The summed E-state index contributed by atoms with van der Waals surface area (Å²) in [6.45, 7) is 2.66. The second-order valence-electron chi connectivity index (χ2n) is 5.44. The van der Waals surface area contributed by atoms with Gasteiger partial charge in [0.1, 0.15) is 5.82 Å². The number of benzene rings is 2. The number of anilines is 1. The average molecular weight is 351 g/mol. The van der Waals surface area contributed by atoms with Crippen LogP contribution in [0.1, 0.15) is 18.1 Å². The molecule has 0 amide bonds. The molecule has 0 fully saturated rings. The summed E-state index contributed by atoms with van der Waals surface area (Å²) in [5, 5.41) is 0. The summed E-state index contributed by atoms with van der Waals surface area (Å²) in [5.41, 5.74) is 9.08. The highest BCUT2D eigenvalue weighted by Crippen LogP contribution is 2.25.